The Balaban J connectivity index is 1.82. The van der Waals surface area contributed by atoms with Gasteiger partial charge in [0.2, 0.25) is 23.2 Å². The lowest BCUT2D eigenvalue weighted by Gasteiger charge is -2.39. The average Bonchev–Trinajstić information content (AvgIpc) is 2.84. The molecule has 0 spiro atoms. The third-order valence-electron chi connectivity index (χ3n) is 5.61. The number of phenolic OH excluding ortho intramolecular Hbond substituents is 3. The molecule has 1 aromatic heterocycles. The fourth-order valence-electron chi connectivity index (χ4n) is 3.69. The number of rotatable bonds is 5. The molecular weight excluding hydrogens is 472 g/mol. The number of hydrogen-bond donors (Lipinski definition) is 8. The minimum absolute atomic E-state index is 0.0184. The van der Waals surface area contributed by atoms with Crippen molar-refractivity contribution in [2.75, 3.05) is 13.7 Å². The van der Waals surface area contributed by atoms with Gasteiger partial charge < -0.3 is 59.5 Å². The molecule has 2 heterocycles. The smallest absolute Gasteiger partial charge is 0.238 e. The molecule has 1 fully saturated rings. The van der Waals surface area contributed by atoms with E-state index in [1.54, 1.807) is 0 Å². The molecule has 188 valence electrons. The van der Waals surface area contributed by atoms with Crippen LogP contribution in [0.1, 0.15) is 0 Å². The van der Waals surface area contributed by atoms with Crippen molar-refractivity contribution in [3.05, 3.63) is 34.5 Å². The number of ether oxygens (including phenoxy) is 3. The summed E-state index contributed by atoms with van der Waals surface area (Å²) in [5, 5.41) is 79.7. The van der Waals surface area contributed by atoms with Crippen molar-refractivity contribution in [2.45, 2.75) is 30.7 Å². The van der Waals surface area contributed by atoms with E-state index in [2.05, 4.69) is 0 Å². The third-order valence-corrected chi connectivity index (χ3v) is 5.61. The van der Waals surface area contributed by atoms with Gasteiger partial charge in [0.1, 0.15) is 35.4 Å². The number of aliphatic hydroxyl groups is 4. The number of aromatic hydroxyl groups is 4. The first-order valence-corrected chi connectivity index (χ1v) is 10.2. The molecule has 1 aliphatic heterocycles. The lowest BCUT2D eigenvalue weighted by Crippen LogP contribution is -2.60. The number of hydrogen-bond acceptors (Lipinski definition) is 13. The van der Waals surface area contributed by atoms with Gasteiger partial charge in [0.15, 0.2) is 28.8 Å². The molecule has 0 aliphatic carbocycles. The van der Waals surface area contributed by atoms with Crippen LogP contribution in [0.5, 0.6) is 34.5 Å². The molecule has 5 atom stereocenters. The molecule has 0 saturated carbocycles. The zero-order valence-corrected chi connectivity index (χ0v) is 18.0. The van der Waals surface area contributed by atoms with Crippen LogP contribution in [0.25, 0.3) is 22.3 Å². The Labute approximate surface area is 195 Å². The van der Waals surface area contributed by atoms with Crippen molar-refractivity contribution in [3.8, 4) is 45.8 Å². The van der Waals surface area contributed by atoms with Crippen LogP contribution in [-0.4, -0.2) is 85.3 Å². The van der Waals surface area contributed by atoms with E-state index in [1.807, 2.05) is 0 Å². The standard InChI is InChI=1S/C22H22O13/c1-32-9-4-7(2-3-8(9)24)21-19(30)17(28)13-10(33-21)5-11(14(25)16(13)27)34-22-20(31)18(29)15(26)12(6-23)35-22/h2-5,12,15,18,20,22-27,29-31H,6H2,1H3/t12-,15+,18-,20+,22+/m0/s1. The number of methoxy groups -OCH3 is 1. The highest BCUT2D eigenvalue weighted by Gasteiger charge is 2.45. The van der Waals surface area contributed by atoms with Gasteiger partial charge >= 0.3 is 0 Å². The Morgan fingerprint density at radius 3 is 2.29 bits per heavy atom. The molecule has 35 heavy (non-hydrogen) atoms. The van der Waals surface area contributed by atoms with Gasteiger partial charge in [-0.25, -0.2) is 0 Å². The fourth-order valence-corrected chi connectivity index (χ4v) is 3.69. The summed E-state index contributed by atoms with van der Waals surface area (Å²) >= 11 is 0. The Bertz CT molecular complexity index is 1320. The van der Waals surface area contributed by atoms with Gasteiger partial charge in [-0.05, 0) is 18.2 Å². The van der Waals surface area contributed by atoms with Crippen molar-refractivity contribution in [1.82, 2.24) is 0 Å². The number of fused-ring (bicyclic) bond motifs is 1. The number of benzene rings is 2. The molecular formula is C22H22O13. The lowest BCUT2D eigenvalue weighted by atomic mass is 9.99. The SMILES string of the molecule is COc1cc(-c2oc3cc(O[C@@H]4O[C@@H](CO)[C@@H](O)[C@H](O)[C@H]4O)c(O)c(O)c3c(=O)c2O)ccc1O. The van der Waals surface area contributed by atoms with Crippen LogP contribution in [0.15, 0.2) is 33.5 Å². The third kappa shape index (κ3) is 4.05. The van der Waals surface area contributed by atoms with E-state index in [0.29, 0.717) is 0 Å². The van der Waals surface area contributed by atoms with Crippen LogP contribution < -0.4 is 14.9 Å². The van der Waals surface area contributed by atoms with Gasteiger partial charge in [0.25, 0.3) is 0 Å². The minimum Gasteiger partial charge on any atom is -0.504 e. The zero-order chi connectivity index (χ0) is 25.6. The van der Waals surface area contributed by atoms with E-state index in [-0.39, 0.29) is 28.4 Å². The van der Waals surface area contributed by atoms with E-state index in [0.717, 1.165) is 6.07 Å². The predicted molar refractivity (Wildman–Crippen MR) is 116 cm³/mol. The van der Waals surface area contributed by atoms with E-state index >= 15 is 0 Å². The average molecular weight is 494 g/mol. The predicted octanol–water partition coefficient (Wildman–Crippen LogP) is -0.530. The number of aliphatic hydroxyl groups excluding tert-OH is 4. The highest BCUT2D eigenvalue weighted by atomic mass is 16.7. The largest absolute Gasteiger partial charge is 0.504 e. The highest BCUT2D eigenvalue weighted by molar-refractivity contribution is 5.91. The topological polar surface area (TPSA) is 220 Å². The molecule has 4 rings (SSSR count). The summed E-state index contributed by atoms with van der Waals surface area (Å²) in [6.45, 7) is -0.729. The summed E-state index contributed by atoms with van der Waals surface area (Å²) < 4.78 is 21.2. The maximum absolute atomic E-state index is 12.8. The van der Waals surface area contributed by atoms with Gasteiger partial charge in [-0.2, -0.15) is 0 Å². The molecule has 1 saturated heterocycles. The first-order valence-electron chi connectivity index (χ1n) is 10.2. The summed E-state index contributed by atoms with van der Waals surface area (Å²) in [5.41, 5.74) is -1.33. The summed E-state index contributed by atoms with van der Waals surface area (Å²) in [6, 6.07) is 4.81. The normalized spacial score (nSPS) is 24.4. The van der Waals surface area contributed by atoms with Crippen molar-refractivity contribution in [3.63, 3.8) is 0 Å². The van der Waals surface area contributed by atoms with Crippen LogP contribution in [0, 0.1) is 0 Å². The van der Waals surface area contributed by atoms with Crippen molar-refractivity contribution in [1.29, 1.82) is 0 Å². The molecule has 13 nitrogen and oxygen atoms in total. The number of phenols is 3. The monoisotopic (exact) mass is 494 g/mol. The molecule has 3 aromatic rings. The maximum atomic E-state index is 12.8. The Kier molecular flexibility index (Phi) is 6.36. The highest BCUT2D eigenvalue weighted by Crippen LogP contribution is 2.44. The molecule has 2 aromatic carbocycles. The summed E-state index contributed by atoms with van der Waals surface area (Å²) in [6.07, 6.45) is -8.26. The van der Waals surface area contributed by atoms with Crippen molar-refractivity contribution >= 4 is 11.0 Å². The Hall–Kier alpha value is -3.75. The second-order valence-corrected chi connectivity index (χ2v) is 7.76. The van der Waals surface area contributed by atoms with Crippen LogP contribution in [0.3, 0.4) is 0 Å². The zero-order valence-electron chi connectivity index (χ0n) is 18.0. The first kappa shape index (κ1) is 24.4. The summed E-state index contributed by atoms with van der Waals surface area (Å²) in [4.78, 5) is 12.8. The Morgan fingerprint density at radius 1 is 0.914 bits per heavy atom. The quantitative estimate of drug-likeness (QED) is 0.209. The molecule has 8 N–H and O–H groups in total. The van der Waals surface area contributed by atoms with Gasteiger partial charge in [-0.3, -0.25) is 4.79 Å². The van der Waals surface area contributed by atoms with Crippen LogP contribution in [0.4, 0.5) is 0 Å². The first-order chi connectivity index (χ1) is 16.6. The van der Waals surface area contributed by atoms with Gasteiger partial charge in [0.05, 0.1) is 13.7 Å². The fraction of sp³-hybridized carbons (Fsp3) is 0.318. The van der Waals surface area contributed by atoms with E-state index in [1.165, 1.54) is 25.3 Å². The lowest BCUT2D eigenvalue weighted by molar-refractivity contribution is -0.277. The molecule has 0 amide bonds. The maximum Gasteiger partial charge on any atom is 0.238 e. The second-order valence-electron chi connectivity index (χ2n) is 7.76. The van der Waals surface area contributed by atoms with E-state index in [9.17, 15) is 45.6 Å². The summed E-state index contributed by atoms with van der Waals surface area (Å²) in [5.74, 6) is -3.99. The molecule has 0 unspecified atom stereocenters. The molecule has 13 heteroatoms. The molecule has 0 radical (unpaired) electrons. The van der Waals surface area contributed by atoms with Gasteiger partial charge in [-0.15, -0.1) is 0 Å². The second kappa shape index (κ2) is 9.13. The summed E-state index contributed by atoms with van der Waals surface area (Å²) in [7, 11) is 1.29. The van der Waals surface area contributed by atoms with Crippen LogP contribution >= 0.6 is 0 Å². The van der Waals surface area contributed by atoms with Gasteiger partial charge in [0, 0.05) is 11.6 Å². The van der Waals surface area contributed by atoms with E-state index < -0.39 is 71.1 Å². The minimum atomic E-state index is -1.82. The Morgan fingerprint density at radius 2 is 1.63 bits per heavy atom. The van der Waals surface area contributed by atoms with Crippen molar-refractivity contribution < 1.29 is 59.5 Å². The van der Waals surface area contributed by atoms with Crippen LogP contribution in [-0.2, 0) is 4.74 Å². The molecule has 1 aliphatic rings. The van der Waals surface area contributed by atoms with Crippen molar-refractivity contribution in [2.24, 2.45) is 0 Å². The van der Waals surface area contributed by atoms with Crippen LogP contribution in [0.2, 0.25) is 0 Å². The molecule has 0 bridgehead atoms. The van der Waals surface area contributed by atoms with Gasteiger partial charge in [-0.1, -0.05) is 0 Å². The van der Waals surface area contributed by atoms with E-state index in [4.69, 9.17) is 18.6 Å².